The van der Waals surface area contributed by atoms with Gasteiger partial charge in [0.05, 0.1) is 0 Å². The second kappa shape index (κ2) is 36.2. The van der Waals surface area contributed by atoms with E-state index in [1.165, 1.54) is 167 Å². The molecular formula is C50H102O4Si2. The Hall–Kier alpha value is -0.626. The van der Waals surface area contributed by atoms with Crippen LogP contribution in [0.4, 0.5) is 0 Å². The van der Waals surface area contributed by atoms with Crippen molar-refractivity contribution in [3.8, 4) is 0 Å². The van der Waals surface area contributed by atoms with Crippen LogP contribution in [-0.2, 0) is 18.4 Å². The highest BCUT2D eigenvalue weighted by atomic mass is 28.4. The fraction of sp³-hybridized carbons (Fsp3) is 0.960. The van der Waals surface area contributed by atoms with Crippen LogP contribution >= 0.6 is 0 Å². The standard InChI is InChI=1S/C50H102O4Si2/c1-11-13-15-17-19-21-23-25-27-29-31-33-35-37-39-41-49(51)53-55(45(3)4,46(5)6)43-44-56(47(7)8,48(9)10)54-50(52)42-40-38-36-34-32-30-28-26-24-22-20-18-16-14-12-2/h45-48H,11-44H2,1-10H3. The molecule has 0 atom stereocenters. The zero-order chi connectivity index (χ0) is 41.9. The van der Waals surface area contributed by atoms with Crippen LogP contribution < -0.4 is 0 Å². The number of unbranched alkanes of at least 4 members (excludes halogenated alkanes) is 28. The zero-order valence-electron chi connectivity index (χ0n) is 40.0. The van der Waals surface area contributed by atoms with Gasteiger partial charge in [-0.2, -0.15) is 0 Å². The van der Waals surface area contributed by atoms with Crippen molar-refractivity contribution in [3.63, 3.8) is 0 Å². The molecule has 4 nitrogen and oxygen atoms in total. The van der Waals surface area contributed by atoms with E-state index in [-0.39, 0.29) is 11.9 Å². The van der Waals surface area contributed by atoms with E-state index in [9.17, 15) is 9.59 Å². The largest absolute Gasteiger partial charge is 0.519 e. The number of hydrogen-bond acceptors (Lipinski definition) is 4. The molecule has 0 rings (SSSR count). The van der Waals surface area contributed by atoms with Gasteiger partial charge in [-0.25, -0.2) is 0 Å². The lowest BCUT2D eigenvalue weighted by Gasteiger charge is -2.43. The van der Waals surface area contributed by atoms with E-state index in [0.717, 1.165) is 37.8 Å². The lowest BCUT2D eigenvalue weighted by Crippen LogP contribution is -2.52. The Bertz CT molecular complexity index is 813. The molecule has 0 spiro atoms. The van der Waals surface area contributed by atoms with E-state index in [1.54, 1.807) is 0 Å². The van der Waals surface area contributed by atoms with Gasteiger partial charge in [0.15, 0.2) is 0 Å². The van der Waals surface area contributed by atoms with Crippen molar-refractivity contribution in [2.24, 2.45) is 0 Å². The Morgan fingerprint density at radius 3 is 0.679 bits per heavy atom. The lowest BCUT2D eigenvalue weighted by molar-refractivity contribution is -0.137. The Kier molecular flexibility index (Phi) is 35.8. The molecule has 0 fully saturated rings. The van der Waals surface area contributed by atoms with Gasteiger partial charge in [0.2, 0.25) is 0 Å². The van der Waals surface area contributed by atoms with Gasteiger partial charge in [0.25, 0.3) is 28.6 Å². The van der Waals surface area contributed by atoms with E-state index in [1.807, 2.05) is 0 Å². The number of hydrogen-bond donors (Lipinski definition) is 0. The molecule has 0 N–H and O–H groups in total. The van der Waals surface area contributed by atoms with Gasteiger partial charge in [-0.05, 0) is 47.1 Å². The van der Waals surface area contributed by atoms with E-state index in [2.05, 4.69) is 69.2 Å². The average Bonchev–Trinajstić information content (AvgIpc) is 3.15. The van der Waals surface area contributed by atoms with E-state index >= 15 is 0 Å². The van der Waals surface area contributed by atoms with Crippen LogP contribution in [0.3, 0.4) is 0 Å². The smallest absolute Gasteiger partial charge is 0.292 e. The fourth-order valence-corrected chi connectivity index (χ4v) is 19.6. The minimum absolute atomic E-state index is 0.0142. The summed E-state index contributed by atoms with van der Waals surface area (Å²) in [6, 6.07) is 1.81. The average molecular weight is 824 g/mol. The van der Waals surface area contributed by atoms with Crippen molar-refractivity contribution < 1.29 is 18.4 Å². The molecule has 0 saturated heterocycles. The number of rotatable bonds is 41. The normalized spacial score (nSPS) is 12.5. The monoisotopic (exact) mass is 823 g/mol. The second-order valence-electron chi connectivity index (χ2n) is 19.4. The van der Waals surface area contributed by atoms with Crippen LogP contribution in [0.1, 0.15) is 275 Å². The molecule has 0 aromatic carbocycles. The van der Waals surface area contributed by atoms with Crippen molar-refractivity contribution in [2.75, 3.05) is 0 Å². The third-order valence-electron chi connectivity index (χ3n) is 13.4. The molecule has 6 heteroatoms. The van der Waals surface area contributed by atoms with Crippen molar-refractivity contribution in [3.05, 3.63) is 0 Å². The Morgan fingerprint density at radius 2 is 0.500 bits per heavy atom. The lowest BCUT2D eigenvalue weighted by atomic mass is 10.0. The maximum atomic E-state index is 13.4. The Balaban J connectivity index is 4.66. The van der Waals surface area contributed by atoms with Crippen molar-refractivity contribution in [2.45, 2.75) is 309 Å². The van der Waals surface area contributed by atoms with Crippen LogP contribution in [0.15, 0.2) is 0 Å². The summed E-state index contributed by atoms with van der Waals surface area (Å²) >= 11 is 0. The molecule has 0 amide bonds. The molecule has 0 aliphatic heterocycles. The molecule has 0 unspecified atom stereocenters. The Labute approximate surface area is 354 Å². The van der Waals surface area contributed by atoms with Gasteiger partial charge in [-0.3, -0.25) is 9.59 Å². The zero-order valence-corrected chi connectivity index (χ0v) is 42.0. The molecule has 0 radical (unpaired) electrons. The topological polar surface area (TPSA) is 52.6 Å². The summed E-state index contributed by atoms with van der Waals surface area (Å²) in [6.07, 6.45) is 40.9. The molecule has 0 bridgehead atoms. The quantitative estimate of drug-likeness (QED) is 0.0455. The summed E-state index contributed by atoms with van der Waals surface area (Å²) < 4.78 is 13.4. The first-order valence-electron chi connectivity index (χ1n) is 25.3. The molecule has 0 aliphatic rings. The van der Waals surface area contributed by atoms with E-state index in [4.69, 9.17) is 8.85 Å². The van der Waals surface area contributed by atoms with E-state index < -0.39 is 16.6 Å². The van der Waals surface area contributed by atoms with Crippen LogP contribution in [0.5, 0.6) is 0 Å². The highest BCUT2D eigenvalue weighted by molar-refractivity contribution is 6.82. The summed E-state index contributed by atoms with van der Waals surface area (Å²) in [5, 5.41) is 0. The first-order chi connectivity index (χ1) is 26.9. The van der Waals surface area contributed by atoms with Crippen molar-refractivity contribution in [1.82, 2.24) is 0 Å². The third-order valence-corrected chi connectivity index (χ3v) is 25.0. The number of carbonyl (C=O) groups excluding carboxylic acids is 2. The highest BCUT2D eigenvalue weighted by Gasteiger charge is 2.51. The van der Waals surface area contributed by atoms with Gasteiger partial charge in [0, 0.05) is 12.8 Å². The number of carbonyl (C=O) groups is 2. The minimum atomic E-state index is -2.44. The van der Waals surface area contributed by atoms with Crippen molar-refractivity contribution >= 4 is 28.6 Å². The molecule has 56 heavy (non-hydrogen) atoms. The van der Waals surface area contributed by atoms with Gasteiger partial charge in [-0.1, -0.05) is 249 Å². The molecule has 0 saturated carbocycles. The van der Waals surface area contributed by atoms with E-state index in [0.29, 0.717) is 35.0 Å². The van der Waals surface area contributed by atoms with Gasteiger partial charge < -0.3 is 8.85 Å². The maximum absolute atomic E-state index is 13.4. The third kappa shape index (κ3) is 26.5. The summed E-state index contributed by atoms with van der Waals surface area (Å²) in [5.41, 5.74) is 1.31. The highest BCUT2D eigenvalue weighted by Crippen LogP contribution is 2.45. The molecular weight excluding hydrogens is 721 g/mol. The van der Waals surface area contributed by atoms with Crippen LogP contribution in [-0.4, -0.2) is 28.6 Å². The molecule has 334 valence electrons. The summed E-state index contributed by atoms with van der Waals surface area (Å²) in [5.74, 6) is 0.0283. The molecule has 0 aliphatic carbocycles. The van der Waals surface area contributed by atoms with Gasteiger partial charge in [0.1, 0.15) is 0 Å². The minimum Gasteiger partial charge on any atom is -0.519 e. The first-order valence-corrected chi connectivity index (χ1v) is 29.9. The predicted molar refractivity (Wildman–Crippen MR) is 253 cm³/mol. The molecule has 0 aromatic heterocycles. The molecule has 0 heterocycles. The summed E-state index contributed by atoms with van der Waals surface area (Å²) in [4.78, 5) is 26.9. The predicted octanol–water partition coefficient (Wildman–Crippen LogP) is 18.1. The fourth-order valence-electron chi connectivity index (χ4n) is 9.26. The molecule has 0 aromatic rings. The van der Waals surface area contributed by atoms with Gasteiger partial charge >= 0.3 is 0 Å². The van der Waals surface area contributed by atoms with Crippen molar-refractivity contribution in [1.29, 1.82) is 0 Å². The maximum Gasteiger partial charge on any atom is 0.292 e. The SMILES string of the molecule is CCCCCCCCCCCCCCCCCC(=O)O[Si](CC[Si](OC(=O)CCCCCCCCCCCCCCCCC)(C(C)C)C(C)C)(C(C)C)C(C)C. The Morgan fingerprint density at radius 1 is 0.321 bits per heavy atom. The van der Waals surface area contributed by atoms with Crippen LogP contribution in [0.2, 0.25) is 34.3 Å². The summed E-state index contributed by atoms with van der Waals surface area (Å²) in [7, 11) is -4.89. The van der Waals surface area contributed by atoms with Crippen LogP contribution in [0.25, 0.3) is 0 Å². The summed E-state index contributed by atoms with van der Waals surface area (Å²) in [6.45, 7) is 22.7. The van der Waals surface area contributed by atoms with Gasteiger partial charge in [-0.15, -0.1) is 0 Å². The second-order valence-corrected chi connectivity index (χ2v) is 29.2. The van der Waals surface area contributed by atoms with Crippen LogP contribution in [0, 0.1) is 0 Å². The first kappa shape index (κ1) is 55.4.